The van der Waals surface area contributed by atoms with E-state index >= 15 is 0 Å². The Labute approximate surface area is 152 Å². The van der Waals surface area contributed by atoms with Crippen molar-refractivity contribution >= 4 is 5.90 Å². The Balaban J connectivity index is 1.80. The van der Waals surface area contributed by atoms with E-state index in [0.717, 1.165) is 11.1 Å². The molecule has 0 aliphatic carbocycles. The number of hydrazone groups is 1. The van der Waals surface area contributed by atoms with E-state index in [9.17, 15) is 5.26 Å². The third kappa shape index (κ3) is 2.60. The third-order valence-corrected chi connectivity index (χ3v) is 5.30. The number of rotatable bonds is 3. The number of nitrogens with one attached hydrogen (secondary N) is 1. The maximum atomic E-state index is 9.78. The lowest BCUT2D eigenvalue weighted by Crippen LogP contribution is -2.39. The van der Waals surface area contributed by atoms with Crippen molar-refractivity contribution in [3.05, 3.63) is 83.2 Å². The zero-order valence-electron chi connectivity index (χ0n) is 14.5. The molecule has 3 N–H and O–H groups in total. The van der Waals surface area contributed by atoms with Gasteiger partial charge in [-0.05, 0) is 17.0 Å². The average molecular weight is 344 g/mol. The van der Waals surface area contributed by atoms with Crippen LogP contribution < -0.4 is 11.2 Å². The highest BCUT2D eigenvalue weighted by atomic mass is 16.5. The molecule has 26 heavy (non-hydrogen) atoms. The number of hydrogen-bond acceptors (Lipinski definition) is 5. The molecule has 2 heterocycles. The van der Waals surface area contributed by atoms with Gasteiger partial charge < -0.3 is 10.5 Å². The van der Waals surface area contributed by atoms with E-state index in [4.69, 9.17) is 10.5 Å². The maximum Gasteiger partial charge on any atom is 0.220 e. The van der Waals surface area contributed by atoms with Crippen LogP contribution in [0.3, 0.4) is 0 Å². The zero-order chi connectivity index (χ0) is 18.1. The van der Waals surface area contributed by atoms with E-state index in [0.29, 0.717) is 11.5 Å². The van der Waals surface area contributed by atoms with Crippen LogP contribution >= 0.6 is 0 Å². The zero-order valence-corrected chi connectivity index (χ0v) is 14.5. The molecule has 0 bridgehead atoms. The second-order valence-electron chi connectivity index (χ2n) is 6.71. The van der Waals surface area contributed by atoms with Crippen LogP contribution in [0.4, 0.5) is 0 Å². The second-order valence-corrected chi connectivity index (χ2v) is 6.71. The second kappa shape index (κ2) is 6.57. The van der Waals surface area contributed by atoms with Gasteiger partial charge in [-0.15, -0.1) is 5.10 Å². The molecular formula is C21H20N4O. The van der Waals surface area contributed by atoms with Crippen molar-refractivity contribution in [2.24, 2.45) is 22.7 Å². The molecule has 5 nitrogen and oxygen atoms in total. The molecule has 2 aromatic carbocycles. The topological polar surface area (TPSA) is 83.4 Å². The summed E-state index contributed by atoms with van der Waals surface area (Å²) in [5, 5.41) is 14.2. The van der Waals surface area contributed by atoms with E-state index in [1.807, 2.05) is 36.4 Å². The Morgan fingerprint density at radius 1 is 1.12 bits per heavy atom. The summed E-state index contributed by atoms with van der Waals surface area (Å²) in [6.45, 7) is 2.13. The molecule has 2 aliphatic rings. The number of nitrogens with two attached hydrogens (primary N) is 1. The molecule has 5 heteroatoms. The summed E-state index contributed by atoms with van der Waals surface area (Å²) >= 11 is 0. The van der Waals surface area contributed by atoms with Gasteiger partial charge in [-0.2, -0.15) is 5.26 Å². The van der Waals surface area contributed by atoms with E-state index in [1.54, 1.807) is 0 Å². The number of nitriles is 1. The summed E-state index contributed by atoms with van der Waals surface area (Å²) in [6, 6.07) is 22.5. The van der Waals surface area contributed by atoms with Gasteiger partial charge >= 0.3 is 0 Å². The summed E-state index contributed by atoms with van der Waals surface area (Å²) in [4.78, 5) is 0. The van der Waals surface area contributed by atoms with Gasteiger partial charge in [-0.25, -0.2) is 0 Å². The molecule has 0 spiro atoms. The first-order valence-corrected chi connectivity index (χ1v) is 8.71. The molecule has 0 amide bonds. The number of ether oxygens (including phenoxy) is 1. The van der Waals surface area contributed by atoms with Crippen molar-refractivity contribution < 1.29 is 4.74 Å². The first-order chi connectivity index (χ1) is 12.7. The lowest BCUT2D eigenvalue weighted by Gasteiger charge is -2.36. The van der Waals surface area contributed by atoms with Crippen LogP contribution in [0.1, 0.15) is 30.0 Å². The lowest BCUT2D eigenvalue weighted by atomic mass is 9.70. The summed E-state index contributed by atoms with van der Waals surface area (Å²) in [6.07, 6.45) is 0. The van der Waals surface area contributed by atoms with Gasteiger partial charge in [0.1, 0.15) is 6.07 Å². The van der Waals surface area contributed by atoms with Crippen LogP contribution in [-0.4, -0.2) is 5.90 Å². The molecule has 0 fully saturated rings. The van der Waals surface area contributed by atoms with Gasteiger partial charge in [0.15, 0.2) is 0 Å². The Bertz CT molecular complexity index is 899. The summed E-state index contributed by atoms with van der Waals surface area (Å²) in [7, 11) is 0. The van der Waals surface area contributed by atoms with Crippen molar-refractivity contribution in [2.75, 3.05) is 0 Å². The standard InChI is InChI=1S/C21H20N4O/c1-13(14-8-4-2-5-9-14)17-16(12-22)20(23)26-21-18(17)19(24-25-21)15-10-6-3-7-11-15/h2-11,13,17-19,24H,23H2,1H3/t13-,17-,18-,19+/m1/s1. The quantitative estimate of drug-likeness (QED) is 0.894. The summed E-state index contributed by atoms with van der Waals surface area (Å²) in [5.74, 6) is 0.605. The molecule has 4 rings (SSSR count). The molecule has 0 radical (unpaired) electrons. The molecular weight excluding hydrogens is 324 g/mol. The van der Waals surface area contributed by atoms with Gasteiger partial charge in [-0.1, -0.05) is 67.6 Å². The van der Waals surface area contributed by atoms with Crippen molar-refractivity contribution in [1.82, 2.24) is 5.43 Å². The Hall–Kier alpha value is -3.26. The Morgan fingerprint density at radius 3 is 2.42 bits per heavy atom. The van der Waals surface area contributed by atoms with Gasteiger partial charge in [-0.3, -0.25) is 5.43 Å². The summed E-state index contributed by atoms with van der Waals surface area (Å²) < 4.78 is 5.70. The smallest absolute Gasteiger partial charge is 0.220 e. The molecule has 0 unspecified atom stereocenters. The van der Waals surface area contributed by atoms with Crippen molar-refractivity contribution in [3.63, 3.8) is 0 Å². The van der Waals surface area contributed by atoms with Crippen molar-refractivity contribution in [2.45, 2.75) is 18.9 Å². The van der Waals surface area contributed by atoms with Gasteiger partial charge in [0.05, 0.1) is 17.5 Å². The fourth-order valence-electron chi connectivity index (χ4n) is 3.99. The first-order valence-electron chi connectivity index (χ1n) is 8.71. The van der Waals surface area contributed by atoms with E-state index < -0.39 is 0 Å². The van der Waals surface area contributed by atoms with Crippen molar-refractivity contribution in [1.29, 1.82) is 5.26 Å². The highest BCUT2D eigenvalue weighted by Gasteiger charge is 2.48. The lowest BCUT2D eigenvalue weighted by molar-refractivity contribution is 0.264. The summed E-state index contributed by atoms with van der Waals surface area (Å²) in [5.41, 5.74) is 12.0. The maximum absolute atomic E-state index is 9.78. The van der Waals surface area contributed by atoms with Crippen LogP contribution in [0.15, 0.2) is 77.2 Å². The highest BCUT2D eigenvalue weighted by Crippen LogP contribution is 2.47. The number of hydrogen-bond donors (Lipinski definition) is 2. The van der Waals surface area contributed by atoms with Crippen molar-refractivity contribution in [3.8, 4) is 6.07 Å². The van der Waals surface area contributed by atoms with Gasteiger partial charge in [0, 0.05) is 5.92 Å². The minimum absolute atomic E-state index is 0.0567. The van der Waals surface area contributed by atoms with E-state index in [-0.39, 0.29) is 29.7 Å². The predicted octanol–water partition coefficient (Wildman–Crippen LogP) is 3.40. The first kappa shape index (κ1) is 16.2. The highest BCUT2D eigenvalue weighted by molar-refractivity contribution is 5.84. The molecule has 2 aromatic rings. The number of allylic oxidation sites excluding steroid dienone is 1. The van der Waals surface area contributed by atoms with Gasteiger partial charge in [0.2, 0.25) is 11.8 Å². The molecule has 0 saturated carbocycles. The Kier molecular flexibility index (Phi) is 4.10. The minimum atomic E-state index is -0.116. The average Bonchev–Trinajstić information content (AvgIpc) is 3.11. The van der Waals surface area contributed by atoms with Crippen LogP contribution in [-0.2, 0) is 4.74 Å². The molecule has 130 valence electrons. The fraction of sp³-hybridized carbons (Fsp3) is 0.238. The minimum Gasteiger partial charge on any atom is -0.424 e. The monoisotopic (exact) mass is 344 g/mol. The normalized spacial score (nSPS) is 25.4. The SMILES string of the molecule is C[C@H](c1ccccc1)[C@@H]1C(C#N)=C(N)OC2=NN[C@@H](c3ccccc3)[C@H]21. The molecule has 2 aliphatic heterocycles. The van der Waals surface area contributed by atoms with E-state index in [2.05, 4.69) is 47.8 Å². The number of fused-ring (bicyclic) bond motifs is 1. The van der Waals surface area contributed by atoms with Crippen LogP contribution in [0.25, 0.3) is 0 Å². The number of benzene rings is 2. The van der Waals surface area contributed by atoms with Crippen LogP contribution in [0, 0.1) is 23.2 Å². The third-order valence-electron chi connectivity index (χ3n) is 5.30. The van der Waals surface area contributed by atoms with Crippen LogP contribution in [0.5, 0.6) is 0 Å². The Morgan fingerprint density at radius 2 is 1.77 bits per heavy atom. The molecule has 0 saturated heterocycles. The fourth-order valence-corrected chi connectivity index (χ4v) is 3.99. The number of nitrogens with zero attached hydrogens (tertiary/aromatic N) is 2. The largest absolute Gasteiger partial charge is 0.424 e. The molecule has 0 aromatic heterocycles. The predicted molar refractivity (Wildman–Crippen MR) is 99.5 cm³/mol. The molecule has 4 atom stereocenters. The van der Waals surface area contributed by atoms with Crippen LogP contribution in [0.2, 0.25) is 0 Å². The van der Waals surface area contributed by atoms with Gasteiger partial charge in [0.25, 0.3) is 0 Å². The van der Waals surface area contributed by atoms with E-state index in [1.165, 1.54) is 0 Å².